The van der Waals surface area contributed by atoms with Crippen molar-refractivity contribution in [3.05, 3.63) is 69.9 Å². The number of aryl methyl sites for hydroxylation is 4. The first-order valence-corrected chi connectivity index (χ1v) is 9.91. The predicted octanol–water partition coefficient (Wildman–Crippen LogP) is 4.30. The van der Waals surface area contributed by atoms with Crippen LogP contribution in [-0.2, 0) is 9.59 Å². The number of carbonyl (C=O) groups is 2. The van der Waals surface area contributed by atoms with Crippen LogP contribution >= 0.6 is 0 Å². The highest BCUT2D eigenvalue weighted by Crippen LogP contribution is 2.37. The average molecular weight is 374 g/mol. The SMILES string of the molecule is Cc1ccc(N2C(=O)C(c3ccc(C)c(C)c3)=C(N3CCCC3)C2=O)c(C)c1. The molecule has 0 saturated carbocycles. The zero-order valence-electron chi connectivity index (χ0n) is 17.0. The number of rotatable bonds is 3. The van der Waals surface area contributed by atoms with Crippen LogP contribution in [0.15, 0.2) is 42.1 Å². The van der Waals surface area contributed by atoms with Gasteiger partial charge in [0, 0.05) is 13.1 Å². The van der Waals surface area contributed by atoms with Crippen LogP contribution in [0.4, 0.5) is 5.69 Å². The lowest BCUT2D eigenvalue weighted by atomic mass is 9.99. The van der Waals surface area contributed by atoms with E-state index in [1.165, 1.54) is 10.5 Å². The van der Waals surface area contributed by atoms with Gasteiger partial charge in [-0.15, -0.1) is 0 Å². The van der Waals surface area contributed by atoms with Crippen LogP contribution in [0.1, 0.15) is 40.7 Å². The summed E-state index contributed by atoms with van der Waals surface area (Å²) in [4.78, 5) is 30.5. The van der Waals surface area contributed by atoms with Gasteiger partial charge >= 0.3 is 0 Å². The van der Waals surface area contributed by atoms with Gasteiger partial charge < -0.3 is 4.90 Å². The number of hydrogen-bond acceptors (Lipinski definition) is 3. The fourth-order valence-corrected chi connectivity index (χ4v) is 4.18. The van der Waals surface area contributed by atoms with Crippen LogP contribution in [0, 0.1) is 27.7 Å². The molecule has 4 heteroatoms. The molecule has 2 aliphatic rings. The monoisotopic (exact) mass is 374 g/mol. The summed E-state index contributed by atoms with van der Waals surface area (Å²) in [5, 5.41) is 0. The van der Waals surface area contributed by atoms with Crippen LogP contribution < -0.4 is 4.90 Å². The molecule has 4 nitrogen and oxygen atoms in total. The van der Waals surface area contributed by atoms with Gasteiger partial charge in [-0.2, -0.15) is 0 Å². The third-order valence-electron chi connectivity index (χ3n) is 5.87. The predicted molar refractivity (Wildman–Crippen MR) is 112 cm³/mol. The van der Waals surface area contributed by atoms with Gasteiger partial charge in [0.2, 0.25) is 0 Å². The second-order valence-electron chi connectivity index (χ2n) is 7.95. The summed E-state index contributed by atoms with van der Waals surface area (Å²) in [7, 11) is 0. The lowest BCUT2D eigenvalue weighted by molar-refractivity contribution is -0.120. The van der Waals surface area contributed by atoms with Crippen molar-refractivity contribution in [3.8, 4) is 0 Å². The van der Waals surface area contributed by atoms with Crippen LogP contribution in [0.5, 0.6) is 0 Å². The van der Waals surface area contributed by atoms with Gasteiger partial charge in [0.25, 0.3) is 11.8 Å². The van der Waals surface area contributed by atoms with E-state index in [0.717, 1.165) is 48.2 Å². The van der Waals surface area contributed by atoms with Gasteiger partial charge in [-0.25, -0.2) is 4.90 Å². The topological polar surface area (TPSA) is 40.6 Å². The van der Waals surface area contributed by atoms with Crippen molar-refractivity contribution in [1.82, 2.24) is 4.90 Å². The lowest BCUT2D eigenvalue weighted by Gasteiger charge is -2.21. The molecule has 0 bridgehead atoms. The Morgan fingerprint density at radius 2 is 1.46 bits per heavy atom. The second kappa shape index (κ2) is 6.93. The van der Waals surface area contributed by atoms with Crippen molar-refractivity contribution in [1.29, 1.82) is 0 Å². The maximum Gasteiger partial charge on any atom is 0.282 e. The number of hydrogen-bond donors (Lipinski definition) is 0. The van der Waals surface area contributed by atoms with Crippen molar-refractivity contribution in [2.24, 2.45) is 0 Å². The molecule has 2 aromatic carbocycles. The van der Waals surface area contributed by atoms with Gasteiger partial charge in [0.15, 0.2) is 0 Å². The standard InChI is InChI=1S/C24H26N2O2/c1-15-7-10-20(18(4)13-15)26-23(27)21(19-9-8-16(2)17(3)14-19)22(24(26)28)25-11-5-6-12-25/h7-10,13-14H,5-6,11-12H2,1-4H3. The number of nitrogens with zero attached hydrogens (tertiary/aromatic N) is 2. The average Bonchev–Trinajstić information content (AvgIpc) is 3.25. The largest absolute Gasteiger partial charge is 0.366 e. The zero-order chi connectivity index (χ0) is 20.0. The van der Waals surface area contributed by atoms with E-state index in [9.17, 15) is 9.59 Å². The molecular weight excluding hydrogens is 348 g/mol. The fourth-order valence-electron chi connectivity index (χ4n) is 4.18. The zero-order valence-corrected chi connectivity index (χ0v) is 17.0. The van der Waals surface area contributed by atoms with Crippen molar-refractivity contribution >= 4 is 23.1 Å². The number of imide groups is 1. The quantitative estimate of drug-likeness (QED) is 0.752. The van der Waals surface area contributed by atoms with Crippen LogP contribution in [0.2, 0.25) is 0 Å². The van der Waals surface area contributed by atoms with E-state index in [1.54, 1.807) is 0 Å². The Morgan fingerprint density at radius 3 is 2.11 bits per heavy atom. The molecule has 4 rings (SSSR count). The highest BCUT2D eigenvalue weighted by molar-refractivity contribution is 6.45. The van der Waals surface area contributed by atoms with Gasteiger partial charge in [0.1, 0.15) is 5.70 Å². The molecule has 1 fully saturated rings. The Morgan fingerprint density at radius 1 is 0.750 bits per heavy atom. The number of anilines is 1. The minimum Gasteiger partial charge on any atom is -0.366 e. The van der Waals surface area contributed by atoms with Gasteiger partial charge in [-0.05, 0) is 68.9 Å². The molecule has 2 amide bonds. The van der Waals surface area contributed by atoms with Gasteiger partial charge in [-0.3, -0.25) is 9.59 Å². The molecule has 0 radical (unpaired) electrons. The maximum atomic E-state index is 13.5. The highest BCUT2D eigenvalue weighted by Gasteiger charge is 2.43. The fraction of sp³-hybridized carbons (Fsp3) is 0.333. The Hall–Kier alpha value is -2.88. The Bertz CT molecular complexity index is 1010. The van der Waals surface area contributed by atoms with E-state index in [2.05, 4.69) is 11.8 Å². The minimum absolute atomic E-state index is 0.202. The van der Waals surface area contributed by atoms with Gasteiger partial charge in [-0.1, -0.05) is 35.9 Å². The second-order valence-corrected chi connectivity index (χ2v) is 7.95. The maximum absolute atomic E-state index is 13.5. The molecule has 1 saturated heterocycles. The highest BCUT2D eigenvalue weighted by atomic mass is 16.2. The summed E-state index contributed by atoms with van der Waals surface area (Å²) in [5.74, 6) is -0.422. The van der Waals surface area contributed by atoms with Crippen molar-refractivity contribution < 1.29 is 9.59 Å². The molecule has 0 aliphatic carbocycles. The van der Waals surface area contributed by atoms with E-state index in [4.69, 9.17) is 0 Å². The summed E-state index contributed by atoms with van der Waals surface area (Å²) < 4.78 is 0. The molecule has 2 aromatic rings. The Kier molecular flexibility index (Phi) is 4.58. The summed E-state index contributed by atoms with van der Waals surface area (Å²) >= 11 is 0. The van der Waals surface area contributed by atoms with Crippen molar-refractivity contribution in [3.63, 3.8) is 0 Å². The molecule has 2 heterocycles. The Labute approximate surface area is 166 Å². The van der Waals surface area contributed by atoms with Gasteiger partial charge in [0.05, 0.1) is 11.3 Å². The summed E-state index contributed by atoms with van der Waals surface area (Å²) in [5.41, 5.74) is 6.95. The van der Waals surface area contributed by atoms with E-state index in [-0.39, 0.29) is 11.8 Å². The number of benzene rings is 2. The molecular formula is C24H26N2O2. The van der Waals surface area contributed by atoms with E-state index < -0.39 is 0 Å². The third-order valence-corrected chi connectivity index (χ3v) is 5.87. The molecule has 0 spiro atoms. The van der Waals surface area contributed by atoms with Crippen molar-refractivity contribution in [2.45, 2.75) is 40.5 Å². The van der Waals surface area contributed by atoms with E-state index >= 15 is 0 Å². The van der Waals surface area contributed by atoms with Crippen LogP contribution in [0.3, 0.4) is 0 Å². The number of carbonyl (C=O) groups excluding carboxylic acids is 2. The molecule has 144 valence electrons. The minimum atomic E-state index is -0.220. The molecule has 2 aliphatic heterocycles. The van der Waals surface area contributed by atoms with E-state index in [0.29, 0.717) is 17.0 Å². The van der Waals surface area contributed by atoms with Crippen LogP contribution in [-0.4, -0.2) is 29.8 Å². The molecule has 0 aromatic heterocycles. The first kappa shape index (κ1) is 18.5. The Balaban J connectivity index is 1.87. The first-order chi connectivity index (χ1) is 13.4. The molecule has 28 heavy (non-hydrogen) atoms. The summed E-state index contributed by atoms with van der Waals surface area (Å²) in [6, 6.07) is 11.9. The molecule has 0 unspecified atom stereocenters. The first-order valence-electron chi connectivity index (χ1n) is 9.91. The number of amides is 2. The van der Waals surface area contributed by atoms with Crippen molar-refractivity contribution in [2.75, 3.05) is 18.0 Å². The lowest BCUT2D eigenvalue weighted by Crippen LogP contribution is -2.35. The summed E-state index contributed by atoms with van der Waals surface area (Å²) in [6.07, 6.45) is 2.10. The molecule has 0 atom stereocenters. The normalized spacial score (nSPS) is 17.3. The van der Waals surface area contributed by atoms with Crippen LogP contribution in [0.25, 0.3) is 5.57 Å². The number of likely N-dealkylation sites (tertiary alicyclic amines) is 1. The molecule has 0 N–H and O–H groups in total. The third kappa shape index (κ3) is 2.93. The summed E-state index contributed by atoms with van der Waals surface area (Å²) in [6.45, 7) is 9.70. The van der Waals surface area contributed by atoms with E-state index in [1.807, 2.05) is 57.2 Å². The smallest absolute Gasteiger partial charge is 0.282 e.